The molecule has 11 nitrogen and oxygen atoms in total. The van der Waals surface area contributed by atoms with Crippen molar-refractivity contribution in [2.45, 2.75) is 12.8 Å². The molecule has 4 heterocycles. The summed E-state index contributed by atoms with van der Waals surface area (Å²) in [6, 6.07) is 6.39. The zero-order valence-electron chi connectivity index (χ0n) is 15.1. The SMILES string of the molecule is O=C(ON1C(=O)c2ccccc2C1=O)C1CCN(c2cncc3nnnn23)CC1. The molecule has 0 radical (unpaired) electrons. The predicted octanol–water partition coefficient (Wildman–Crippen LogP) is 0.490. The number of carbonyl (C=O) groups excluding carboxylic acids is 3. The molecular formula is C18H15N7O4. The minimum absolute atomic E-state index is 0.238. The second-order valence-electron chi connectivity index (χ2n) is 6.84. The van der Waals surface area contributed by atoms with Crippen molar-refractivity contribution >= 4 is 29.2 Å². The maximum atomic E-state index is 12.6. The van der Waals surface area contributed by atoms with Gasteiger partial charge in [-0.2, -0.15) is 4.52 Å². The number of tetrazole rings is 1. The summed E-state index contributed by atoms with van der Waals surface area (Å²) < 4.78 is 1.59. The Morgan fingerprint density at radius 3 is 2.41 bits per heavy atom. The minimum atomic E-state index is -0.618. The van der Waals surface area contributed by atoms with Crippen LogP contribution < -0.4 is 4.90 Å². The standard InChI is InChI=1S/C18H15N7O4/c26-16-12-3-1-2-4-13(12)17(27)25(16)29-18(28)11-5-7-23(8-6-11)15-10-19-9-14-20-21-22-24(14)15/h1-4,9-11H,5-8H2. The van der Waals surface area contributed by atoms with Gasteiger partial charge in [0.1, 0.15) is 0 Å². The number of rotatable bonds is 3. The van der Waals surface area contributed by atoms with E-state index in [0.717, 1.165) is 5.82 Å². The fourth-order valence-corrected chi connectivity index (χ4v) is 3.64. The van der Waals surface area contributed by atoms with E-state index >= 15 is 0 Å². The van der Waals surface area contributed by atoms with E-state index in [9.17, 15) is 14.4 Å². The Kier molecular flexibility index (Phi) is 3.93. The molecule has 1 saturated heterocycles. The fourth-order valence-electron chi connectivity index (χ4n) is 3.64. The lowest BCUT2D eigenvalue weighted by molar-refractivity contribution is -0.174. The summed E-state index contributed by atoms with van der Waals surface area (Å²) in [4.78, 5) is 48.6. The summed E-state index contributed by atoms with van der Waals surface area (Å²) >= 11 is 0. The van der Waals surface area contributed by atoms with Crippen LogP contribution in [0.2, 0.25) is 0 Å². The van der Waals surface area contributed by atoms with Gasteiger partial charge in [0.05, 0.1) is 29.4 Å². The molecular weight excluding hydrogens is 378 g/mol. The molecule has 0 saturated carbocycles. The number of benzene rings is 1. The van der Waals surface area contributed by atoms with Crippen molar-refractivity contribution in [2.75, 3.05) is 18.0 Å². The van der Waals surface area contributed by atoms with Crippen LogP contribution in [0.15, 0.2) is 36.7 Å². The summed E-state index contributed by atoms with van der Waals surface area (Å²) in [5, 5.41) is 12.0. The zero-order valence-corrected chi connectivity index (χ0v) is 15.1. The Bertz CT molecular complexity index is 1100. The number of amides is 2. The van der Waals surface area contributed by atoms with Crippen molar-refractivity contribution in [2.24, 2.45) is 5.92 Å². The van der Waals surface area contributed by atoms with Gasteiger partial charge in [-0.25, -0.2) is 4.79 Å². The molecule has 5 rings (SSSR count). The van der Waals surface area contributed by atoms with E-state index in [1.807, 2.05) is 4.90 Å². The van der Waals surface area contributed by atoms with Crippen LogP contribution in [0.5, 0.6) is 0 Å². The van der Waals surface area contributed by atoms with Gasteiger partial charge in [-0.05, 0) is 35.4 Å². The van der Waals surface area contributed by atoms with Gasteiger partial charge >= 0.3 is 5.97 Å². The largest absolute Gasteiger partial charge is 0.355 e. The lowest BCUT2D eigenvalue weighted by Gasteiger charge is -2.32. The van der Waals surface area contributed by atoms with Crippen LogP contribution >= 0.6 is 0 Å². The number of hydrogen-bond acceptors (Lipinski definition) is 9. The van der Waals surface area contributed by atoms with E-state index in [0.29, 0.717) is 36.6 Å². The van der Waals surface area contributed by atoms with Gasteiger partial charge in [-0.3, -0.25) is 14.6 Å². The number of fused-ring (bicyclic) bond motifs is 2. The Morgan fingerprint density at radius 2 is 1.72 bits per heavy atom. The lowest BCUT2D eigenvalue weighted by atomic mass is 9.97. The van der Waals surface area contributed by atoms with Crippen LogP contribution in [0.1, 0.15) is 33.6 Å². The van der Waals surface area contributed by atoms with Crippen LogP contribution in [0.3, 0.4) is 0 Å². The van der Waals surface area contributed by atoms with Crippen LogP contribution in [0.25, 0.3) is 5.65 Å². The summed E-state index contributed by atoms with van der Waals surface area (Å²) in [6.07, 6.45) is 4.23. The third kappa shape index (κ3) is 2.78. The Hall–Kier alpha value is -3.89. The smallest absolute Gasteiger partial charge is 0.336 e. The molecule has 2 aromatic heterocycles. The predicted molar refractivity (Wildman–Crippen MR) is 96.5 cm³/mol. The highest BCUT2D eigenvalue weighted by atomic mass is 16.7. The lowest BCUT2D eigenvalue weighted by Crippen LogP contribution is -2.41. The first-order valence-corrected chi connectivity index (χ1v) is 9.10. The topological polar surface area (TPSA) is 123 Å². The van der Waals surface area contributed by atoms with Crippen LogP contribution in [-0.2, 0) is 9.63 Å². The molecule has 0 spiro atoms. The number of carbonyl (C=O) groups is 3. The van der Waals surface area contributed by atoms with E-state index in [4.69, 9.17) is 4.84 Å². The molecule has 0 bridgehead atoms. The van der Waals surface area contributed by atoms with E-state index in [1.54, 1.807) is 29.0 Å². The highest BCUT2D eigenvalue weighted by Crippen LogP contribution is 2.27. The zero-order chi connectivity index (χ0) is 20.0. The van der Waals surface area contributed by atoms with Gasteiger partial charge in [-0.1, -0.05) is 17.2 Å². The normalized spacial score (nSPS) is 17.1. The van der Waals surface area contributed by atoms with E-state index in [1.165, 1.54) is 12.1 Å². The molecule has 0 aliphatic carbocycles. The third-order valence-corrected chi connectivity index (χ3v) is 5.18. The summed E-state index contributed by atoms with van der Waals surface area (Å²) in [5.74, 6) is -1.50. The minimum Gasteiger partial charge on any atom is -0.355 e. The van der Waals surface area contributed by atoms with E-state index in [2.05, 4.69) is 20.5 Å². The molecule has 1 fully saturated rings. The molecule has 0 N–H and O–H groups in total. The summed E-state index contributed by atoms with van der Waals surface area (Å²) in [7, 11) is 0. The van der Waals surface area contributed by atoms with Crippen molar-refractivity contribution < 1.29 is 19.2 Å². The average Bonchev–Trinajstić information content (AvgIpc) is 3.33. The number of hydroxylamine groups is 2. The summed E-state index contributed by atoms with van der Waals surface area (Å²) in [6.45, 7) is 1.12. The molecule has 29 heavy (non-hydrogen) atoms. The Balaban J connectivity index is 1.25. The average molecular weight is 393 g/mol. The highest BCUT2D eigenvalue weighted by Gasteiger charge is 2.40. The number of hydrogen-bond donors (Lipinski definition) is 0. The van der Waals surface area contributed by atoms with Crippen LogP contribution in [0.4, 0.5) is 5.82 Å². The van der Waals surface area contributed by atoms with E-state index < -0.39 is 23.7 Å². The van der Waals surface area contributed by atoms with Crippen molar-refractivity contribution in [1.29, 1.82) is 0 Å². The molecule has 2 aliphatic rings. The number of imide groups is 1. The first kappa shape index (κ1) is 17.2. The van der Waals surface area contributed by atoms with Gasteiger partial charge in [0, 0.05) is 13.1 Å². The van der Waals surface area contributed by atoms with Crippen LogP contribution in [-0.4, -0.2) is 61.0 Å². The summed E-state index contributed by atoms with van der Waals surface area (Å²) in [5.41, 5.74) is 1.01. The molecule has 2 amide bonds. The molecule has 2 aliphatic heterocycles. The van der Waals surface area contributed by atoms with E-state index in [-0.39, 0.29) is 11.1 Å². The van der Waals surface area contributed by atoms with Gasteiger partial charge in [0.2, 0.25) is 0 Å². The fraction of sp³-hybridized carbons (Fsp3) is 0.278. The number of aromatic nitrogens is 5. The van der Waals surface area contributed by atoms with Crippen molar-refractivity contribution in [3.8, 4) is 0 Å². The van der Waals surface area contributed by atoms with Crippen molar-refractivity contribution in [3.63, 3.8) is 0 Å². The second kappa shape index (κ2) is 6.62. The maximum Gasteiger partial charge on any atom is 0.336 e. The number of nitrogens with zero attached hydrogens (tertiary/aromatic N) is 7. The Morgan fingerprint density at radius 1 is 1.03 bits per heavy atom. The van der Waals surface area contributed by atoms with Gasteiger partial charge in [0.15, 0.2) is 11.5 Å². The molecule has 0 unspecified atom stereocenters. The van der Waals surface area contributed by atoms with Crippen molar-refractivity contribution in [3.05, 3.63) is 47.8 Å². The van der Waals surface area contributed by atoms with Crippen molar-refractivity contribution in [1.82, 2.24) is 30.1 Å². The number of piperidine rings is 1. The molecule has 0 atom stereocenters. The third-order valence-electron chi connectivity index (χ3n) is 5.18. The Labute approximate surface area is 163 Å². The molecule has 1 aromatic carbocycles. The maximum absolute atomic E-state index is 12.6. The monoisotopic (exact) mass is 393 g/mol. The van der Waals surface area contributed by atoms with Gasteiger partial charge < -0.3 is 9.74 Å². The quantitative estimate of drug-likeness (QED) is 0.585. The first-order valence-electron chi connectivity index (χ1n) is 9.10. The molecule has 11 heteroatoms. The second-order valence-corrected chi connectivity index (χ2v) is 6.84. The first-order chi connectivity index (χ1) is 14.1. The molecule has 3 aromatic rings. The highest BCUT2D eigenvalue weighted by molar-refractivity contribution is 6.20. The van der Waals surface area contributed by atoms with Crippen LogP contribution in [0, 0.1) is 5.92 Å². The van der Waals surface area contributed by atoms with Gasteiger partial charge in [-0.15, -0.1) is 5.10 Å². The molecule has 146 valence electrons. The number of anilines is 1. The van der Waals surface area contributed by atoms with Gasteiger partial charge in [0.25, 0.3) is 11.8 Å².